The van der Waals surface area contributed by atoms with Crippen molar-refractivity contribution < 1.29 is 130 Å². The van der Waals surface area contributed by atoms with Gasteiger partial charge in [0.1, 0.15) is 54.8 Å². The molecule has 8 rings (SSSR count). The summed E-state index contributed by atoms with van der Waals surface area (Å²) >= 11 is 2.77. The number of Topliss-reactive ketones (excluding diaryl/α,β-unsaturated/α-hetero) is 4. The number of primary amides is 1. The van der Waals surface area contributed by atoms with E-state index in [1.165, 1.54) is 70.1 Å². The van der Waals surface area contributed by atoms with Gasteiger partial charge in [0.05, 0.1) is 90.3 Å². The molecule has 5 amide bonds. The zero-order valence-electron chi connectivity index (χ0n) is 75.2. The molecule has 15 N–H and O–H groups in total. The number of carbonyl (C=O) groups excluding carboxylic acids is 9. The van der Waals surface area contributed by atoms with Crippen LogP contribution in [0.25, 0.3) is 0 Å². The molecular weight excluding hydrogens is 1840 g/mol. The number of nitrogens with two attached hydrogens (primary N) is 3. The third kappa shape index (κ3) is 28.6. The van der Waals surface area contributed by atoms with Gasteiger partial charge in [0.15, 0.2) is 47.5 Å². The van der Waals surface area contributed by atoms with Gasteiger partial charge in [-0.3, -0.25) is 33.6 Å². The second-order valence-electron chi connectivity index (χ2n) is 33.4. The number of anilines is 1. The molecule has 6 aliphatic rings. The number of thioether (sulfide) groups is 1. The highest BCUT2D eigenvalue weighted by Crippen LogP contribution is 2.50. The van der Waals surface area contributed by atoms with Crippen LogP contribution in [0.1, 0.15) is 168 Å². The number of rotatable bonds is 45. The molecule has 35 nitrogen and oxygen atoms in total. The summed E-state index contributed by atoms with van der Waals surface area (Å²) in [6, 6.07) is 2.71. The topological polar surface area (TPSA) is 504 Å². The van der Waals surface area contributed by atoms with E-state index in [4.69, 9.17) is 78.9 Å². The number of urea groups is 1. The maximum absolute atomic E-state index is 14.7. The highest BCUT2D eigenvalue weighted by atomic mass is 127. The maximum atomic E-state index is 14.7. The number of allylic oxidation sites excluding steroid dienone is 3. The van der Waals surface area contributed by atoms with Crippen LogP contribution in [0.2, 0.25) is 0 Å². The van der Waals surface area contributed by atoms with Crippen molar-refractivity contribution in [3.8, 4) is 40.9 Å². The summed E-state index contributed by atoms with van der Waals surface area (Å²) in [7, 11) is 8.51. The first-order chi connectivity index (χ1) is 60.8. The molecule has 0 unspecified atom stereocenters. The molecule has 0 aromatic heterocycles. The van der Waals surface area contributed by atoms with Crippen molar-refractivity contribution in [1.29, 1.82) is 0 Å². The van der Waals surface area contributed by atoms with Crippen LogP contribution >= 0.6 is 55.9 Å². The second-order valence-corrected chi connectivity index (χ2v) is 38.7. The monoisotopic (exact) mass is 1960 g/mol. The molecule has 0 radical (unpaired) electrons. The number of ether oxygens (including phenoxy) is 12. The van der Waals surface area contributed by atoms with E-state index in [1.54, 1.807) is 89.6 Å². The summed E-state index contributed by atoms with van der Waals surface area (Å²) in [4.78, 5) is 130. The molecule has 4 saturated heterocycles. The number of unbranched alkanes of at least 4 members (excludes halogenated alkanes) is 1. The summed E-state index contributed by atoms with van der Waals surface area (Å²) in [6.07, 6.45) is -13.6. The van der Waals surface area contributed by atoms with E-state index in [0.717, 1.165) is 11.8 Å². The molecule has 4 aliphatic heterocycles. The molecule has 39 heteroatoms. The minimum absolute atomic E-state index is 0.00321. The number of ketones is 4. The summed E-state index contributed by atoms with van der Waals surface area (Å²) in [5.41, 5.74) is 19.4. The van der Waals surface area contributed by atoms with E-state index >= 15 is 0 Å². The van der Waals surface area contributed by atoms with Crippen molar-refractivity contribution in [3.63, 3.8) is 0 Å². The van der Waals surface area contributed by atoms with Gasteiger partial charge >= 0.3 is 12.1 Å². The molecule has 4 fully saturated rings. The Morgan fingerprint density at radius 1 is 0.797 bits per heavy atom. The smallest absolute Gasteiger partial charge is 0.410 e. The number of halogens is 1. The van der Waals surface area contributed by atoms with Crippen molar-refractivity contribution in [2.24, 2.45) is 35.0 Å². The van der Waals surface area contributed by atoms with E-state index in [0.29, 0.717) is 59.2 Å². The molecule has 0 saturated carbocycles. The first kappa shape index (κ1) is 106. The summed E-state index contributed by atoms with van der Waals surface area (Å²) in [6.45, 7) is 19.3. The molecule has 2 aromatic rings. The minimum atomic E-state index is -2.11. The average molecular weight is 1960 g/mol. The fourth-order valence-corrected chi connectivity index (χ4v) is 20.3. The fourth-order valence-electron chi connectivity index (χ4n) is 16.1. The number of hydrogen-bond donors (Lipinski definition) is 12. The van der Waals surface area contributed by atoms with Crippen molar-refractivity contribution >= 4 is 114 Å². The number of methoxy groups -OCH3 is 4. The normalized spacial score (nSPS) is 28.3. The van der Waals surface area contributed by atoms with Gasteiger partial charge in [0, 0.05) is 104 Å². The molecule has 0 spiro atoms. The van der Waals surface area contributed by atoms with Crippen LogP contribution in [0.15, 0.2) is 59.2 Å². The van der Waals surface area contributed by atoms with E-state index in [1.807, 2.05) is 22.6 Å². The zero-order valence-corrected chi connectivity index (χ0v) is 79.8. The number of likely N-dealkylation sites (N-methyl/N-ethyl adjacent to an activating group) is 1. The first-order valence-corrected chi connectivity index (χ1v) is 47.2. The highest BCUT2D eigenvalue weighted by Gasteiger charge is 2.53. The van der Waals surface area contributed by atoms with Gasteiger partial charge in [-0.15, -0.1) is 0 Å². The number of nitrogens with one attached hydrogen (secondary N) is 4. The Morgan fingerprint density at radius 2 is 1.48 bits per heavy atom. The van der Waals surface area contributed by atoms with Crippen LogP contribution in [0, 0.1) is 51.9 Å². The number of carbonyl (C=O) groups is 9. The summed E-state index contributed by atoms with van der Waals surface area (Å²) < 4.78 is 74.7. The van der Waals surface area contributed by atoms with Gasteiger partial charge < -0.3 is 125 Å². The molecule has 2 aliphatic carbocycles. The molecule has 710 valence electrons. The Bertz CT molecular complexity index is 4400. The Hall–Kier alpha value is -6.89. The van der Waals surface area contributed by atoms with Gasteiger partial charge in [-0.2, -0.15) is 5.48 Å². The van der Waals surface area contributed by atoms with Crippen molar-refractivity contribution in [2.45, 2.75) is 286 Å². The third-order valence-corrected chi connectivity index (χ3v) is 28.8. The van der Waals surface area contributed by atoms with E-state index in [9.17, 15) is 68.7 Å². The van der Waals surface area contributed by atoms with Crippen LogP contribution in [0.4, 0.5) is 15.3 Å². The number of hydrogen-bond acceptors (Lipinski definition) is 33. The van der Waals surface area contributed by atoms with Crippen LogP contribution in [0.5, 0.6) is 17.2 Å². The number of hydroxylamine groups is 1. The molecule has 128 heavy (non-hydrogen) atoms. The molecule has 2 aromatic carbocycles. The summed E-state index contributed by atoms with van der Waals surface area (Å²) in [5.74, 6) is 7.60. The summed E-state index contributed by atoms with van der Waals surface area (Å²) in [5, 5.41) is 66.3. The van der Waals surface area contributed by atoms with E-state index < -0.39 is 180 Å². The average Bonchev–Trinajstić information content (AvgIpc) is 0.741. The predicted molar refractivity (Wildman–Crippen MR) is 486 cm³/mol. The molecule has 4 heterocycles. The van der Waals surface area contributed by atoms with Gasteiger partial charge in [0.25, 0.3) is 0 Å². The van der Waals surface area contributed by atoms with E-state index in [2.05, 4.69) is 59.0 Å². The third-order valence-electron chi connectivity index (χ3n) is 22.9. The number of benzene rings is 2. The fraction of sp³-hybridized carbons (Fsp3) is 0.652. The van der Waals surface area contributed by atoms with Crippen molar-refractivity contribution in [3.05, 3.63) is 79.5 Å². The minimum Gasteiger partial charge on any atom is -0.492 e. The Kier molecular flexibility index (Phi) is 41.8. The van der Waals surface area contributed by atoms with E-state index in [-0.39, 0.29) is 139 Å². The second kappa shape index (κ2) is 50.3. The first-order valence-electron chi connectivity index (χ1n) is 43.0. The van der Waals surface area contributed by atoms with Gasteiger partial charge in [-0.25, -0.2) is 9.59 Å². The largest absolute Gasteiger partial charge is 0.492 e. The van der Waals surface area contributed by atoms with Crippen molar-refractivity contribution in [1.82, 2.24) is 21.0 Å². The Balaban J connectivity index is 1.01. The molecule has 2 bridgehead atoms. The van der Waals surface area contributed by atoms with Gasteiger partial charge in [0.2, 0.25) is 29.0 Å². The lowest BCUT2D eigenvalue weighted by atomic mass is 9.72. The van der Waals surface area contributed by atoms with Gasteiger partial charge in [-0.1, -0.05) is 95.5 Å². The highest BCUT2D eigenvalue weighted by molar-refractivity contribution is 14.1. The lowest BCUT2D eigenvalue weighted by molar-refractivity contribution is -0.337. The maximum Gasteiger partial charge on any atom is 0.410 e. The predicted octanol–water partition coefficient (Wildman–Crippen LogP) is 6.59. The van der Waals surface area contributed by atoms with Crippen LogP contribution < -0.4 is 52.8 Å². The number of fused-ring (bicyclic) bond motifs is 2. The number of amides is 5. The van der Waals surface area contributed by atoms with Crippen LogP contribution in [-0.4, -0.2) is 276 Å². The zero-order chi connectivity index (χ0) is 94.2. The quantitative estimate of drug-likeness (QED) is 0.0109. The lowest BCUT2D eigenvalue weighted by Crippen LogP contribution is -2.65. The van der Waals surface area contributed by atoms with Gasteiger partial charge in [-0.05, 0) is 171 Å². The van der Waals surface area contributed by atoms with Crippen LogP contribution in [0.3, 0.4) is 0 Å². The lowest BCUT2D eigenvalue weighted by Gasteiger charge is -2.47. The SMILES string of the molecule is CCN(C(=O)OCc1ccc(NC(=O)[C@H](CCCNC(N)=O)CC(=O)[C@@H](NC(=O)[C@H](CCCCN)CC(C)=O)C(C)C)cc1)[C@H]1CO[C@@H](O[C@H]2[C@H](O[C@H]3C#C/C=C\C#C[C@]4(O)CC(=O)C(CC(C)=O)=C3/C4=C\CSSC(C)(C)CCN)O[C@H](C)[C@@H](NO[C@H]3C[C@H](O)[C@H](SC(=O)c4c(C)c(I)c(O[C@@H]5O[C@@H](C)[C@H](O)[C@@H](OC)[C@H]5O)c(OC)c4OC)[C@@H](C)O3)[C@@H]2O)C[C@@H]1OC. The molecule has 22 atom stereocenters. The number of nitrogens with zero attached hydrogens (tertiary/aromatic N) is 1. The molecular formula is C89H127IN8O27S3. The Morgan fingerprint density at radius 3 is 2.12 bits per heavy atom. The van der Waals surface area contributed by atoms with Crippen molar-refractivity contribution in [2.75, 3.05) is 72.3 Å². The number of aliphatic hydroxyl groups is 5. The Labute approximate surface area is 773 Å². The standard InChI is InChI=1S/C89H127IN8O27S3/c1-16-98(87(111)118-44-53-27-29-56(30-28-53)95-81(107)55(25-23-36-94-86(93)110)40-60(101)70(46(2)3)96-82(108)54(38-47(4)99)24-20-22-34-91)59-45-117-65(42-64(59)113-12)123-78-73(105)71(50(7)120-85(78)122-63-26-19-17-18-21-32-89(112)43-62(103)57(39-48(5)100)68(63)58(89)31-37-126-128-88(10,11)33-35-92)97-125-66-41-61(102)80(52(9)119-66)127-83(109)67-49(6)69(90)76(79(116-15)75(67)114-13)124-84-74(106)77(115-14)72(104)51(8)121-84/h17-18,27-31,46,50-52,54-55,59,61,63-66,70-74,77-78,80,84-85,97,102,104-106,112H,16,20,22-25,33-45,91-92H2,1-15H3,(H,95,107)(H,96,108)(H3,93,94,110)/b18-17-,58-31+/t50-,51+,52-,54-,55-,59+,61+,63+,64+,65+,66+,70+,71-,72+,73+,74-,77-,78-,80-,84+,85+,89+/m1/s1. The van der Waals surface area contributed by atoms with Crippen LogP contribution in [-0.2, 0) is 82.8 Å². The number of aliphatic hydroxyl groups excluding tert-OH is 4.